The van der Waals surface area contributed by atoms with Crippen molar-refractivity contribution in [2.24, 2.45) is 23.7 Å². The van der Waals surface area contributed by atoms with Gasteiger partial charge in [0.25, 0.3) is 0 Å². The first-order valence-electron chi connectivity index (χ1n) is 8.84. The number of carbonyl (C=O) groups is 1. The van der Waals surface area contributed by atoms with E-state index in [2.05, 4.69) is 10.6 Å². The van der Waals surface area contributed by atoms with Crippen molar-refractivity contribution >= 4 is 6.03 Å². The molecule has 3 saturated carbocycles. The highest BCUT2D eigenvalue weighted by atomic mass is 16.2. The molecule has 114 valence electrons. The molecule has 0 radical (unpaired) electrons. The molecular weight excluding hydrogens is 248 g/mol. The molecule has 2 amide bonds. The van der Waals surface area contributed by atoms with Crippen molar-refractivity contribution in [2.75, 3.05) is 13.1 Å². The highest BCUT2D eigenvalue weighted by Crippen LogP contribution is 2.49. The number of amides is 2. The topological polar surface area (TPSA) is 41.1 Å². The Morgan fingerprint density at radius 2 is 1.65 bits per heavy atom. The van der Waals surface area contributed by atoms with Gasteiger partial charge in [0.1, 0.15) is 0 Å². The fourth-order valence-corrected chi connectivity index (χ4v) is 4.44. The molecule has 0 aromatic heterocycles. The van der Waals surface area contributed by atoms with Gasteiger partial charge in [-0.05, 0) is 36.5 Å². The summed E-state index contributed by atoms with van der Waals surface area (Å²) in [6.45, 7) is 1.75. The first-order chi connectivity index (χ1) is 9.83. The second-order valence-corrected chi connectivity index (χ2v) is 7.28. The Bertz CT molecular complexity index is 319. The summed E-state index contributed by atoms with van der Waals surface area (Å²) in [5, 5.41) is 6.10. The Labute approximate surface area is 123 Å². The van der Waals surface area contributed by atoms with Crippen molar-refractivity contribution < 1.29 is 4.79 Å². The van der Waals surface area contributed by atoms with Gasteiger partial charge in [-0.1, -0.05) is 51.4 Å². The van der Waals surface area contributed by atoms with E-state index in [1.807, 2.05) is 0 Å². The van der Waals surface area contributed by atoms with Crippen LogP contribution in [0.4, 0.5) is 4.79 Å². The molecule has 0 bridgehead atoms. The number of hydrogen-bond donors (Lipinski definition) is 2. The third-order valence-electron chi connectivity index (χ3n) is 5.82. The lowest BCUT2D eigenvalue weighted by molar-refractivity contribution is 0.239. The Hall–Kier alpha value is -0.730. The largest absolute Gasteiger partial charge is 0.338 e. The lowest BCUT2D eigenvalue weighted by Crippen LogP contribution is -2.37. The van der Waals surface area contributed by atoms with Crippen LogP contribution in [0.25, 0.3) is 0 Å². The van der Waals surface area contributed by atoms with Crippen LogP contribution < -0.4 is 10.6 Å². The number of urea groups is 1. The van der Waals surface area contributed by atoms with E-state index in [1.54, 1.807) is 0 Å². The molecule has 0 saturated heterocycles. The molecule has 3 rings (SSSR count). The first-order valence-corrected chi connectivity index (χ1v) is 8.84. The number of carbonyl (C=O) groups excluding carboxylic acids is 1. The molecule has 20 heavy (non-hydrogen) atoms. The van der Waals surface area contributed by atoms with E-state index in [-0.39, 0.29) is 6.03 Å². The quantitative estimate of drug-likeness (QED) is 0.764. The van der Waals surface area contributed by atoms with Crippen molar-refractivity contribution in [3.05, 3.63) is 0 Å². The zero-order chi connectivity index (χ0) is 13.8. The highest BCUT2D eigenvalue weighted by Gasteiger charge is 2.43. The lowest BCUT2D eigenvalue weighted by atomic mass is 10.0. The minimum absolute atomic E-state index is 0.0556. The number of rotatable bonds is 6. The van der Waals surface area contributed by atoms with E-state index < -0.39 is 0 Å². The van der Waals surface area contributed by atoms with Crippen molar-refractivity contribution in [2.45, 2.75) is 64.2 Å². The van der Waals surface area contributed by atoms with Crippen LogP contribution in [0, 0.1) is 23.7 Å². The standard InChI is InChI=1S/C17H30N2O/c20-17(18-10-9-13-5-1-2-6-13)19-12-15-11-16(15)14-7-3-4-8-14/h13-16H,1-12H2,(H2,18,19,20). The fourth-order valence-electron chi connectivity index (χ4n) is 4.44. The van der Waals surface area contributed by atoms with Crippen LogP contribution in [0.2, 0.25) is 0 Å². The molecule has 0 aromatic rings. The van der Waals surface area contributed by atoms with Crippen molar-refractivity contribution in [3.63, 3.8) is 0 Å². The van der Waals surface area contributed by atoms with Crippen LogP contribution in [0.5, 0.6) is 0 Å². The predicted octanol–water partition coefficient (Wildman–Crippen LogP) is 3.69. The Kier molecular flexibility index (Phi) is 4.85. The fraction of sp³-hybridized carbons (Fsp3) is 0.941. The Balaban J connectivity index is 1.22. The molecule has 0 heterocycles. The molecule has 2 unspecified atom stereocenters. The van der Waals surface area contributed by atoms with E-state index in [4.69, 9.17) is 0 Å². The molecule has 3 fully saturated rings. The van der Waals surface area contributed by atoms with Gasteiger partial charge < -0.3 is 10.6 Å². The van der Waals surface area contributed by atoms with Gasteiger partial charge in [-0.2, -0.15) is 0 Å². The van der Waals surface area contributed by atoms with Gasteiger partial charge in [-0.15, -0.1) is 0 Å². The highest BCUT2D eigenvalue weighted by molar-refractivity contribution is 5.73. The molecule has 3 aliphatic rings. The van der Waals surface area contributed by atoms with Crippen molar-refractivity contribution in [3.8, 4) is 0 Å². The van der Waals surface area contributed by atoms with E-state index in [0.717, 1.165) is 36.8 Å². The van der Waals surface area contributed by atoms with E-state index in [0.29, 0.717) is 0 Å². The zero-order valence-electron chi connectivity index (χ0n) is 12.7. The summed E-state index contributed by atoms with van der Waals surface area (Å²) >= 11 is 0. The minimum Gasteiger partial charge on any atom is -0.338 e. The van der Waals surface area contributed by atoms with Gasteiger partial charge in [-0.25, -0.2) is 4.79 Å². The molecule has 2 atom stereocenters. The van der Waals surface area contributed by atoms with Gasteiger partial charge in [0.15, 0.2) is 0 Å². The normalized spacial score (nSPS) is 30.6. The summed E-state index contributed by atoms with van der Waals surface area (Å²) in [5.74, 6) is 3.55. The summed E-state index contributed by atoms with van der Waals surface area (Å²) in [6.07, 6.45) is 13.8. The van der Waals surface area contributed by atoms with Crippen LogP contribution in [0.3, 0.4) is 0 Å². The van der Waals surface area contributed by atoms with Gasteiger partial charge in [0, 0.05) is 13.1 Å². The molecule has 0 spiro atoms. The summed E-state index contributed by atoms with van der Waals surface area (Å²) in [4.78, 5) is 11.8. The van der Waals surface area contributed by atoms with Crippen LogP contribution in [-0.2, 0) is 0 Å². The second-order valence-electron chi connectivity index (χ2n) is 7.28. The van der Waals surface area contributed by atoms with Gasteiger partial charge in [0.05, 0.1) is 0 Å². The average Bonchev–Trinajstić information content (AvgIpc) is 2.88. The molecule has 0 aromatic carbocycles. The maximum atomic E-state index is 11.8. The predicted molar refractivity (Wildman–Crippen MR) is 81.5 cm³/mol. The lowest BCUT2D eigenvalue weighted by Gasteiger charge is -2.11. The third kappa shape index (κ3) is 3.89. The average molecular weight is 278 g/mol. The SMILES string of the molecule is O=C(NCCC1CCCC1)NCC1CC1C1CCCC1. The van der Waals surface area contributed by atoms with Crippen LogP contribution in [0.15, 0.2) is 0 Å². The molecule has 3 aliphatic carbocycles. The van der Waals surface area contributed by atoms with E-state index in [9.17, 15) is 4.79 Å². The van der Waals surface area contributed by atoms with Crippen LogP contribution >= 0.6 is 0 Å². The smallest absolute Gasteiger partial charge is 0.314 e. The van der Waals surface area contributed by atoms with Gasteiger partial charge in [0.2, 0.25) is 0 Å². The van der Waals surface area contributed by atoms with Crippen molar-refractivity contribution in [1.29, 1.82) is 0 Å². The molecule has 2 N–H and O–H groups in total. The molecular formula is C17H30N2O. The maximum absolute atomic E-state index is 11.8. The van der Waals surface area contributed by atoms with Crippen molar-refractivity contribution in [1.82, 2.24) is 10.6 Å². The first kappa shape index (κ1) is 14.2. The van der Waals surface area contributed by atoms with Gasteiger partial charge >= 0.3 is 6.03 Å². The second kappa shape index (κ2) is 6.82. The Morgan fingerprint density at radius 1 is 0.950 bits per heavy atom. The third-order valence-corrected chi connectivity index (χ3v) is 5.82. The summed E-state index contributed by atoms with van der Waals surface area (Å²) < 4.78 is 0. The van der Waals surface area contributed by atoms with Crippen LogP contribution in [0.1, 0.15) is 64.2 Å². The summed E-state index contributed by atoms with van der Waals surface area (Å²) in [5.41, 5.74) is 0. The van der Waals surface area contributed by atoms with E-state index in [1.165, 1.54) is 64.2 Å². The molecule has 3 nitrogen and oxygen atoms in total. The maximum Gasteiger partial charge on any atom is 0.314 e. The summed E-state index contributed by atoms with van der Waals surface area (Å²) in [6, 6.07) is 0.0556. The number of hydrogen-bond acceptors (Lipinski definition) is 1. The van der Waals surface area contributed by atoms with E-state index >= 15 is 0 Å². The number of nitrogens with one attached hydrogen (secondary N) is 2. The summed E-state index contributed by atoms with van der Waals surface area (Å²) in [7, 11) is 0. The molecule has 0 aliphatic heterocycles. The van der Waals surface area contributed by atoms with Gasteiger partial charge in [-0.3, -0.25) is 0 Å². The molecule has 3 heteroatoms. The Morgan fingerprint density at radius 3 is 2.40 bits per heavy atom. The monoisotopic (exact) mass is 278 g/mol. The minimum atomic E-state index is 0.0556. The van der Waals surface area contributed by atoms with Crippen LogP contribution in [-0.4, -0.2) is 19.1 Å². The zero-order valence-corrected chi connectivity index (χ0v) is 12.7.